The molecular formula is C12H16O3. The van der Waals surface area contributed by atoms with Crippen molar-refractivity contribution in [3.8, 4) is 0 Å². The summed E-state index contributed by atoms with van der Waals surface area (Å²) in [6, 6.07) is 9.74. The van der Waals surface area contributed by atoms with Gasteiger partial charge in [-0.3, -0.25) is 4.79 Å². The average Bonchev–Trinajstić information content (AvgIpc) is 2.26. The molecule has 1 aromatic carbocycles. The molecule has 0 bridgehead atoms. The quantitative estimate of drug-likeness (QED) is 0.774. The Morgan fingerprint density at radius 1 is 1.33 bits per heavy atom. The first-order chi connectivity index (χ1) is 7.11. The Balaban J connectivity index is 2.41. The van der Waals surface area contributed by atoms with Crippen molar-refractivity contribution >= 4 is 5.97 Å². The molecule has 2 unspecified atom stereocenters. The molecule has 0 aliphatic heterocycles. The van der Waals surface area contributed by atoms with Gasteiger partial charge in [0.05, 0.1) is 12.0 Å². The van der Waals surface area contributed by atoms with E-state index in [1.165, 1.54) is 6.92 Å². The van der Waals surface area contributed by atoms with E-state index in [0.29, 0.717) is 12.8 Å². The number of carboxylic acids is 1. The summed E-state index contributed by atoms with van der Waals surface area (Å²) >= 11 is 0. The van der Waals surface area contributed by atoms with Crippen molar-refractivity contribution < 1.29 is 15.0 Å². The Morgan fingerprint density at radius 2 is 1.93 bits per heavy atom. The number of carbonyl (C=O) groups is 1. The monoisotopic (exact) mass is 208 g/mol. The van der Waals surface area contributed by atoms with Crippen LogP contribution < -0.4 is 0 Å². The molecule has 82 valence electrons. The van der Waals surface area contributed by atoms with E-state index in [1.54, 1.807) is 0 Å². The molecular weight excluding hydrogens is 192 g/mol. The zero-order valence-corrected chi connectivity index (χ0v) is 8.76. The van der Waals surface area contributed by atoms with Crippen LogP contribution in [0.2, 0.25) is 0 Å². The van der Waals surface area contributed by atoms with Crippen LogP contribution in [-0.4, -0.2) is 22.3 Å². The number of hydrogen-bond donors (Lipinski definition) is 2. The Labute approximate surface area is 89.4 Å². The molecule has 2 atom stereocenters. The van der Waals surface area contributed by atoms with Crippen LogP contribution in [0.4, 0.5) is 0 Å². The zero-order chi connectivity index (χ0) is 11.3. The van der Waals surface area contributed by atoms with Crippen molar-refractivity contribution in [2.24, 2.45) is 5.92 Å². The average molecular weight is 208 g/mol. The highest BCUT2D eigenvalue weighted by atomic mass is 16.4. The minimum atomic E-state index is -0.949. The molecule has 0 radical (unpaired) electrons. The summed E-state index contributed by atoms with van der Waals surface area (Å²) in [5.41, 5.74) is 1.12. The van der Waals surface area contributed by atoms with Gasteiger partial charge in [0, 0.05) is 0 Å². The van der Waals surface area contributed by atoms with E-state index in [0.717, 1.165) is 5.56 Å². The Morgan fingerprint density at radius 3 is 2.47 bits per heavy atom. The molecule has 0 saturated heterocycles. The van der Waals surface area contributed by atoms with Gasteiger partial charge in [-0.15, -0.1) is 0 Å². The highest BCUT2D eigenvalue weighted by Gasteiger charge is 2.20. The molecule has 0 aliphatic carbocycles. The van der Waals surface area contributed by atoms with E-state index < -0.39 is 18.0 Å². The van der Waals surface area contributed by atoms with Crippen LogP contribution in [0.25, 0.3) is 0 Å². The maximum Gasteiger partial charge on any atom is 0.308 e. The first-order valence-electron chi connectivity index (χ1n) is 5.06. The second-order valence-corrected chi connectivity index (χ2v) is 3.72. The molecule has 2 N–H and O–H groups in total. The van der Waals surface area contributed by atoms with Crippen molar-refractivity contribution in [1.29, 1.82) is 0 Å². The molecule has 15 heavy (non-hydrogen) atoms. The third-order valence-corrected chi connectivity index (χ3v) is 2.54. The largest absolute Gasteiger partial charge is 0.481 e. The fraction of sp³-hybridized carbons (Fsp3) is 0.417. The van der Waals surface area contributed by atoms with Gasteiger partial charge in [-0.2, -0.15) is 0 Å². The number of carboxylic acid groups (broad SMARTS) is 1. The zero-order valence-electron chi connectivity index (χ0n) is 8.76. The van der Waals surface area contributed by atoms with E-state index >= 15 is 0 Å². The number of aliphatic hydroxyl groups is 1. The van der Waals surface area contributed by atoms with Gasteiger partial charge in [0.2, 0.25) is 0 Å². The summed E-state index contributed by atoms with van der Waals surface area (Å²) in [5.74, 6) is -1.65. The molecule has 0 amide bonds. The van der Waals surface area contributed by atoms with Crippen LogP contribution >= 0.6 is 0 Å². The lowest BCUT2D eigenvalue weighted by Gasteiger charge is -2.14. The van der Waals surface area contributed by atoms with Crippen molar-refractivity contribution in [3.63, 3.8) is 0 Å². The number of aryl methyl sites for hydroxylation is 1. The molecule has 0 spiro atoms. The van der Waals surface area contributed by atoms with Crippen LogP contribution in [0.5, 0.6) is 0 Å². The smallest absolute Gasteiger partial charge is 0.308 e. The molecule has 1 rings (SSSR count). The molecule has 0 aliphatic rings. The van der Waals surface area contributed by atoms with Gasteiger partial charge in [-0.25, -0.2) is 0 Å². The lowest BCUT2D eigenvalue weighted by atomic mass is 9.98. The van der Waals surface area contributed by atoms with Crippen LogP contribution in [0.1, 0.15) is 18.9 Å². The first kappa shape index (κ1) is 11.7. The summed E-state index contributed by atoms with van der Waals surface area (Å²) in [4.78, 5) is 10.6. The van der Waals surface area contributed by atoms with Gasteiger partial charge in [-0.1, -0.05) is 30.3 Å². The highest BCUT2D eigenvalue weighted by molar-refractivity contribution is 5.70. The fourth-order valence-electron chi connectivity index (χ4n) is 1.37. The second-order valence-electron chi connectivity index (χ2n) is 3.72. The molecule has 1 aromatic rings. The van der Waals surface area contributed by atoms with Gasteiger partial charge in [0.15, 0.2) is 0 Å². The molecule has 3 heteroatoms. The van der Waals surface area contributed by atoms with E-state index in [1.807, 2.05) is 30.3 Å². The van der Waals surface area contributed by atoms with Gasteiger partial charge in [0.1, 0.15) is 0 Å². The molecule has 0 aromatic heterocycles. The lowest BCUT2D eigenvalue weighted by molar-refractivity contribution is -0.144. The molecule has 0 saturated carbocycles. The van der Waals surface area contributed by atoms with E-state index in [2.05, 4.69) is 0 Å². The summed E-state index contributed by atoms with van der Waals surface area (Å²) in [5, 5.41) is 18.3. The SMILES string of the molecule is CC(C(=O)O)C(O)CCc1ccccc1. The topological polar surface area (TPSA) is 57.5 Å². The van der Waals surface area contributed by atoms with Crippen molar-refractivity contribution in [2.75, 3.05) is 0 Å². The van der Waals surface area contributed by atoms with Gasteiger partial charge in [0.25, 0.3) is 0 Å². The molecule has 3 nitrogen and oxygen atoms in total. The van der Waals surface area contributed by atoms with Crippen molar-refractivity contribution in [2.45, 2.75) is 25.9 Å². The predicted octanol–water partition coefficient (Wildman–Crippen LogP) is 1.70. The minimum Gasteiger partial charge on any atom is -0.481 e. The Bertz CT molecular complexity index is 308. The summed E-state index contributed by atoms with van der Waals surface area (Å²) < 4.78 is 0. The van der Waals surface area contributed by atoms with Crippen LogP contribution in [0, 0.1) is 5.92 Å². The summed E-state index contributed by atoms with van der Waals surface area (Å²) in [7, 11) is 0. The normalized spacial score (nSPS) is 14.5. The van der Waals surface area contributed by atoms with Crippen LogP contribution in [0.15, 0.2) is 30.3 Å². The number of aliphatic hydroxyl groups excluding tert-OH is 1. The number of rotatable bonds is 5. The summed E-state index contributed by atoms with van der Waals surface area (Å²) in [6.45, 7) is 1.53. The van der Waals surface area contributed by atoms with Crippen LogP contribution in [0.3, 0.4) is 0 Å². The molecule has 0 fully saturated rings. The van der Waals surface area contributed by atoms with E-state index in [4.69, 9.17) is 5.11 Å². The third-order valence-electron chi connectivity index (χ3n) is 2.54. The second kappa shape index (κ2) is 5.51. The maximum atomic E-state index is 10.6. The first-order valence-corrected chi connectivity index (χ1v) is 5.06. The van der Waals surface area contributed by atoms with Crippen molar-refractivity contribution in [1.82, 2.24) is 0 Å². The molecule has 0 heterocycles. The maximum absolute atomic E-state index is 10.6. The number of benzene rings is 1. The van der Waals surface area contributed by atoms with Gasteiger partial charge >= 0.3 is 5.97 Å². The number of aliphatic carboxylic acids is 1. The minimum absolute atomic E-state index is 0.484. The van der Waals surface area contributed by atoms with Gasteiger partial charge < -0.3 is 10.2 Å². The van der Waals surface area contributed by atoms with Crippen molar-refractivity contribution in [3.05, 3.63) is 35.9 Å². The fourth-order valence-corrected chi connectivity index (χ4v) is 1.37. The Kier molecular flexibility index (Phi) is 4.31. The van der Waals surface area contributed by atoms with Crippen LogP contribution in [-0.2, 0) is 11.2 Å². The predicted molar refractivity (Wildman–Crippen MR) is 57.6 cm³/mol. The standard InChI is InChI=1S/C12H16O3/c1-9(12(14)15)11(13)8-7-10-5-3-2-4-6-10/h2-6,9,11,13H,7-8H2,1H3,(H,14,15). The number of hydrogen-bond acceptors (Lipinski definition) is 2. The Hall–Kier alpha value is -1.35. The lowest BCUT2D eigenvalue weighted by Crippen LogP contribution is -2.25. The third kappa shape index (κ3) is 3.72. The van der Waals surface area contributed by atoms with E-state index in [-0.39, 0.29) is 0 Å². The van der Waals surface area contributed by atoms with Gasteiger partial charge in [-0.05, 0) is 25.3 Å². The summed E-state index contributed by atoms with van der Waals surface area (Å²) in [6.07, 6.45) is 0.416. The highest BCUT2D eigenvalue weighted by Crippen LogP contribution is 2.11. The van der Waals surface area contributed by atoms with E-state index in [9.17, 15) is 9.90 Å².